The molecular formula is C14H20O2. The first-order valence-corrected chi connectivity index (χ1v) is 5.86. The molecule has 2 nitrogen and oxygen atoms in total. The molecule has 1 aromatic rings. The molecule has 0 radical (unpaired) electrons. The smallest absolute Gasteiger partial charge is 0.129 e. The lowest BCUT2D eigenvalue weighted by molar-refractivity contribution is 0.113. The highest BCUT2D eigenvalue weighted by atomic mass is 16.5. The zero-order valence-corrected chi connectivity index (χ0v) is 10.5. The van der Waals surface area contributed by atoms with Gasteiger partial charge in [-0.25, -0.2) is 0 Å². The lowest BCUT2D eigenvalue weighted by Crippen LogP contribution is -2.21. The Morgan fingerprint density at radius 1 is 1.31 bits per heavy atom. The summed E-state index contributed by atoms with van der Waals surface area (Å²) < 4.78 is 5.77. The molecule has 1 atom stereocenters. The summed E-state index contributed by atoms with van der Waals surface area (Å²) in [5, 5.41) is 10.1. The fourth-order valence-corrected chi connectivity index (χ4v) is 2.28. The average Bonchev–Trinajstić information content (AvgIpc) is 2.16. The molecule has 0 saturated carbocycles. The number of benzene rings is 1. The van der Waals surface area contributed by atoms with Crippen LogP contribution in [0.25, 0.3) is 0 Å². The van der Waals surface area contributed by atoms with E-state index in [1.165, 1.54) is 5.56 Å². The summed E-state index contributed by atoms with van der Waals surface area (Å²) in [6.07, 6.45) is 0.326. The summed E-state index contributed by atoms with van der Waals surface area (Å²) in [5.74, 6) is 0.909. The van der Waals surface area contributed by atoms with Crippen molar-refractivity contribution in [1.29, 1.82) is 0 Å². The van der Waals surface area contributed by atoms with Crippen molar-refractivity contribution in [3.63, 3.8) is 0 Å². The van der Waals surface area contributed by atoms with Crippen molar-refractivity contribution in [1.82, 2.24) is 0 Å². The second kappa shape index (κ2) is 3.77. The Kier molecular flexibility index (Phi) is 2.70. The molecule has 0 saturated heterocycles. The summed E-state index contributed by atoms with van der Waals surface area (Å²) in [7, 11) is 0. The number of aliphatic hydroxyl groups excluding tert-OH is 1. The lowest BCUT2D eigenvalue weighted by Gasteiger charge is -2.30. The first-order chi connectivity index (χ1) is 7.41. The molecule has 1 aliphatic heterocycles. The van der Waals surface area contributed by atoms with Gasteiger partial charge in [0, 0.05) is 12.0 Å². The van der Waals surface area contributed by atoms with Gasteiger partial charge < -0.3 is 9.84 Å². The maximum Gasteiger partial charge on any atom is 0.129 e. The van der Waals surface area contributed by atoms with E-state index >= 15 is 0 Å². The zero-order chi connectivity index (χ0) is 11.9. The van der Waals surface area contributed by atoms with E-state index in [0.717, 1.165) is 16.9 Å². The van der Waals surface area contributed by atoms with Crippen LogP contribution in [-0.2, 0) is 5.41 Å². The van der Waals surface area contributed by atoms with Crippen molar-refractivity contribution < 1.29 is 9.84 Å². The highest BCUT2D eigenvalue weighted by Crippen LogP contribution is 2.41. The normalized spacial score (nSPS) is 20.2. The van der Waals surface area contributed by atoms with Crippen molar-refractivity contribution in [2.24, 2.45) is 0 Å². The fourth-order valence-electron chi connectivity index (χ4n) is 2.28. The molecule has 88 valence electrons. The minimum Gasteiger partial charge on any atom is -0.493 e. The van der Waals surface area contributed by atoms with Crippen LogP contribution in [0.1, 0.15) is 50.0 Å². The van der Waals surface area contributed by atoms with E-state index in [0.29, 0.717) is 13.0 Å². The Morgan fingerprint density at radius 2 is 2.00 bits per heavy atom. The summed E-state index contributed by atoms with van der Waals surface area (Å²) in [6, 6.07) is 4.20. The number of aryl methyl sites for hydroxylation is 1. The Morgan fingerprint density at radius 3 is 2.62 bits per heavy atom. The van der Waals surface area contributed by atoms with Crippen LogP contribution in [0.3, 0.4) is 0 Å². The quantitative estimate of drug-likeness (QED) is 0.728. The molecule has 0 aromatic heterocycles. The van der Waals surface area contributed by atoms with E-state index < -0.39 is 0 Å². The maximum atomic E-state index is 10.1. The minimum absolute atomic E-state index is 0.0504. The molecule has 1 aliphatic rings. The monoisotopic (exact) mass is 220 g/mol. The van der Waals surface area contributed by atoms with E-state index in [4.69, 9.17) is 4.74 Å². The van der Waals surface area contributed by atoms with Crippen LogP contribution in [0.2, 0.25) is 0 Å². The van der Waals surface area contributed by atoms with Gasteiger partial charge >= 0.3 is 0 Å². The van der Waals surface area contributed by atoms with Gasteiger partial charge in [0.2, 0.25) is 0 Å². The predicted octanol–water partition coefficient (Wildman–Crippen LogP) is 3.11. The van der Waals surface area contributed by atoms with Crippen LogP contribution in [0.4, 0.5) is 0 Å². The number of ether oxygens (including phenoxy) is 1. The molecule has 0 unspecified atom stereocenters. The number of hydrogen-bond donors (Lipinski definition) is 1. The number of rotatable bonds is 0. The van der Waals surface area contributed by atoms with E-state index in [9.17, 15) is 5.11 Å². The van der Waals surface area contributed by atoms with Gasteiger partial charge in [-0.3, -0.25) is 0 Å². The average molecular weight is 220 g/mol. The van der Waals surface area contributed by atoms with Gasteiger partial charge in [0.25, 0.3) is 0 Å². The van der Waals surface area contributed by atoms with E-state index in [1.54, 1.807) is 0 Å². The molecule has 0 fully saturated rings. The minimum atomic E-state index is -0.369. The lowest BCUT2D eigenvalue weighted by atomic mass is 9.82. The second-order valence-electron chi connectivity index (χ2n) is 5.58. The van der Waals surface area contributed by atoms with Gasteiger partial charge in [0.05, 0.1) is 12.7 Å². The summed E-state index contributed by atoms with van der Waals surface area (Å²) in [6.45, 7) is 9.15. The van der Waals surface area contributed by atoms with Crippen LogP contribution >= 0.6 is 0 Å². The van der Waals surface area contributed by atoms with Gasteiger partial charge in [0.15, 0.2) is 0 Å². The highest BCUT2D eigenvalue weighted by molar-refractivity contribution is 5.51. The van der Waals surface area contributed by atoms with Crippen LogP contribution < -0.4 is 4.74 Å². The van der Waals surface area contributed by atoms with E-state index in [2.05, 4.69) is 32.9 Å². The molecule has 1 heterocycles. The van der Waals surface area contributed by atoms with Gasteiger partial charge in [-0.05, 0) is 23.5 Å². The van der Waals surface area contributed by atoms with Crippen molar-refractivity contribution in [2.45, 2.75) is 45.6 Å². The third-order valence-corrected chi connectivity index (χ3v) is 3.19. The first-order valence-electron chi connectivity index (χ1n) is 5.86. The molecule has 2 heteroatoms. The second-order valence-corrected chi connectivity index (χ2v) is 5.58. The maximum absolute atomic E-state index is 10.1. The topological polar surface area (TPSA) is 29.5 Å². The highest BCUT2D eigenvalue weighted by Gasteiger charge is 2.28. The van der Waals surface area contributed by atoms with Crippen molar-refractivity contribution in [3.05, 3.63) is 28.8 Å². The SMILES string of the molecule is Cc1ccc(C(C)(C)C)c2c1[C@H](O)CCO2. The molecule has 0 amide bonds. The Labute approximate surface area is 97.3 Å². The Balaban J connectivity index is 2.63. The van der Waals surface area contributed by atoms with Crippen LogP contribution in [0, 0.1) is 6.92 Å². The largest absolute Gasteiger partial charge is 0.493 e. The molecule has 0 bridgehead atoms. The van der Waals surface area contributed by atoms with Crippen LogP contribution in [0.15, 0.2) is 12.1 Å². The Hall–Kier alpha value is -1.02. The molecular weight excluding hydrogens is 200 g/mol. The van der Waals surface area contributed by atoms with E-state index in [-0.39, 0.29) is 11.5 Å². The van der Waals surface area contributed by atoms with Gasteiger partial charge in [-0.15, -0.1) is 0 Å². The molecule has 16 heavy (non-hydrogen) atoms. The predicted molar refractivity (Wildman–Crippen MR) is 65.0 cm³/mol. The standard InChI is InChI=1S/C14H20O2/c1-9-5-6-10(14(2,3)4)13-12(9)11(15)7-8-16-13/h5-6,11,15H,7-8H2,1-4H3/t11-/m1/s1. The Bertz CT molecular complexity index is 402. The van der Waals surface area contributed by atoms with Gasteiger partial charge in [-0.2, -0.15) is 0 Å². The fraction of sp³-hybridized carbons (Fsp3) is 0.571. The number of hydrogen-bond acceptors (Lipinski definition) is 2. The van der Waals surface area contributed by atoms with Crippen LogP contribution in [0.5, 0.6) is 5.75 Å². The van der Waals surface area contributed by atoms with Crippen LogP contribution in [-0.4, -0.2) is 11.7 Å². The van der Waals surface area contributed by atoms with Crippen molar-refractivity contribution in [2.75, 3.05) is 6.61 Å². The molecule has 0 aliphatic carbocycles. The van der Waals surface area contributed by atoms with Crippen molar-refractivity contribution in [3.8, 4) is 5.75 Å². The molecule has 0 spiro atoms. The summed E-state index contributed by atoms with van der Waals surface area (Å²) in [5.41, 5.74) is 3.34. The van der Waals surface area contributed by atoms with Crippen molar-refractivity contribution >= 4 is 0 Å². The summed E-state index contributed by atoms with van der Waals surface area (Å²) in [4.78, 5) is 0. The van der Waals surface area contributed by atoms with Gasteiger partial charge in [-0.1, -0.05) is 32.9 Å². The summed E-state index contributed by atoms with van der Waals surface area (Å²) >= 11 is 0. The first kappa shape index (κ1) is 11.5. The molecule has 1 aromatic carbocycles. The van der Waals surface area contributed by atoms with Gasteiger partial charge in [0.1, 0.15) is 5.75 Å². The third-order valence-electron chi connectivity index (χ3n) is 3.19. The van der Waals surface area contributed by atoms with E-state index in [1.807, 2.05) is 6.92 Å². The molecule has 2 rings (SSSR count). The number of aliphatic hydroxyl groups is 1. The zero-order valence-electron chi connectivity index (χ0n) is 10.5. The third kappa shape index (κ3) is 1.82. The molecule has 1 N–H and O–H groups in total. The number of fused-ring (bicyclic) bond motifs is 1.